The maximum absolute atomic E-state index is 4.50. The second-order valence-electron chi connectivity index (χ2n) is 4.24. The molecule has 0 radical (unpaired) electrons. The minimum Gasteiger partial charge on any atom is -0.333 e. The largest absolute Gasteiger partial charge is 0.333 e. The van der Waals surface area contributed by atoms with Gasteiger partial charge in [-0.2, -0.15) is 0 Å². The van der Waals surface area contributed by atoms with Crippen LogP contribution in [0.2, 0.25) is 0 Å². The molecule has 0 heterocycles. The zero-order chi connectivity index (χ0) is 12.5. The predicted octanol–water partition coefficient (Wildman–Crippen LogP) is 3.83. The molecule has 0 spiro atoms. The van der Waals surface area contributed by atoms with Gasteiger partial charge < -0.3 is 11.5 Å². The molecule has 2 heteroatoms. The van der Waals surface area contributed by atoms with Crippen molar-refractivity contribution in [3.8, 4) is 0 Å². The Labute approximate surface area is 103 Å². The molecule has 100 valence electrons. The molecule has 0 aromatic heterocycles. The third-order valence-corrected chi connectivity index (χ3v) is 3.00. The Hall–Kier alpha value is -0.0800. The van der Waals surface area contributed by atoms with E-state index in [0.29, 0.717) is 0 Å². The monoisotopic (exact) mass is 230 g/mol. The lowest BCUT2D eigenvalue weighted by Gasteiger charge is -2.05. The molecule has 0 amide bonds. The summed E-state index contributed by atoms with van der Waals surface area (Å²) < 4.78 is 0. The van der Waals surface area contributed by atoms with Gasteiger partial charge in [-0.1, -0.05) is 77.0 Å². The van der Waals surface area contributed by atoms with Crippen LogP contribution in [0.4, 0.5) is 0 Å². The first-order chi connectivity index (χ1) is 8.00. The lowest BCUT2D eigenvalue weighted by atomic mass is 10.0. The molecular weight excluding hydrogens is 196 g/mol. The highest BCUT2D eigenvalue weighted by atomic mass is 14.4. The van der Waals surface area contributed by atoms with E-state index in [1.165, 1.54) is 91.1 Å². The molecule has 0 unspecified atom stereocenters. The normalized spacial score (nSPS) is 18.8. The molecule has 2 aliphatic rings. The van der Waals surface area contributed by atoms with E-state index in [0.717, 1.165) is 0 Å². The van der Waals surface area contributed by atoms with Crippen LogP contribution in [0.5, 0.6) is 0 Å². The van der Waals surface area contributed by atoms with Crippen molar-refractivity contribution < 1.29 is 0 Å². The molecule has 0 aromatic rings. The molecule has 0 atom stereocenters. The Bertz CT molecular complexity index is 51.7. The number of nitrogens with two attached hydrogens (primary N) is 2. The molecule has 2 rings (SSSR count). The van der Waals surface area contributed by atoms with E-state index in [4.69, 9.17) is 0 Å². The first-order valence-corrected chi connectivity index (χ1v) is 7.15. The van der Waals surface area contributed by atoms with Crippen molar-refractivity contribution in [2.75, 3.05) is 14.1 Å². The van der Waals surface area contributed by atoms with Gasteiger partial charge in [0.25, 0.3) is 0 Å². The first kappa shape index (κ1) is 18.3. The van der Waals surface area contributed by atoms with Crippen molar-refractivity contribution in [1.82, 2.24) is 0 Å². The molecule has 0 saturated heterocycles. The Morgan fingerprint density at radius 2 is 0.375 bits per heavy atom. The van der Waals surface area contributed by atoms with Crippen molar-refractivity contribution in [3.05, 3.63) is 0 Å². The van der Waals surface area contributed by atoms with Crippen LogP contribution in [0.3, 0.4) is 0 Å². The molecule has 16 heavy (non-hydrogen) atoms. The molecule has 2 aliphatic carbocycles. The lowest BCUT2D eigenvalue weighted by Crippen LogP contribution is -1.85. The van der Waals surface area contributed by atoms with Crippen molar-refractivity contribution in [2.24, 2.45) is 11.5 Å². The standard InChI is InChI=1S/2C6H12.2CH5N/c2*1-2-4-6-5-3-1;2*1-2/h2*1-6H2;2*2H2,1H3. The van der Waals surface area contributed by atoms with E-state index < -0.39 is 0 Å². The topological polar surface area (TPSA) is 52.0 Å². The van der Waals surface area contributed by atoms with Crippen LogP contribution in [0.1, 0.15) is 77.0 Å². The fraction of sp³-hybridized carbons (Fsp3) is 1.00. The Morgan fingerprint density at radius 3 is 0.438 bits per heavy atom. The van der Waals surface area contributed by atoms with Gasteiger partial charge in [-0.25, -0.2) is 0 Å². The zero-order valence-corrected chi connectivity index (χ0v) is 11.6. The lowest BCUT2D eigenvalue weighted by molar-refractivity contribution is 0.504. The van der Waals surface area contributed by atoms with Crippen molar-refractivity contribution in [1.29, 1.82) is 0 Å². The molecule has 0 aromatic carbocycles. The Morgan fingerprint density at radius 1 is 0.312 bits per heavy atom. The number of rotatable bonds is 0. The highest BCUT2D eigenvalue weighted by Crippen LogP contribution is 2.15. The van der Waals surface area contributed by atoms with E-state index in [-0.39, 0.29) is 0 Å². The van der Waals surface area contributed by atoms with E-state index >= 15 is 0 Å². The van der Waals surface area contributed by atoms with Gasteiger partial charge >= 0.3 is 0 Å². The van der Waals surface area contributed by atoms with Crippen LogP contribution in [-0.2, 0) is 0 Å². The van der Waals surface area contributed by atoms with Crippen molar-refractivity contribution in [3.63, 3.8) is 0 Å². The van der Waals surface area contributed by atoms with E-state index in [9.17, 15) is 0 Å². The summed E-state index contributed by atoms with van der Waals surface area (Å²) in [5.41, 5.74) is 9.00. The van der Waals surface area contributed by atoms with Crippen LogP contribution in [-0.4, -0.2) is 14.1 Å². The Kier molecular flexibility index (Phi) is 23.3. The fourth-order valence-corrected chi connectivity index (χ4v) is 2.12. The van der Waals surface area contributed by atoms with Crippen LogP contribution in [0.25, 0.3) is 0 Å². The van der Waals surface area contributed by atoms with Gasteiger partial charge in [-0.05, 0) is 14.1 Å². The quantitative estimate of drug-likeness (QED) is 0.664. The maximum atomic E-state index is 4.50. The summed E-state index contributed by atoms with van der Waals surface area (Å²) in [4.78, 5) is 0. The van der Waals surface area contributed by atoms with Gasteiger partial charge in [-0.15, -0.1) is 0 Å². The summed E-state index contributed by atoms with van der Waals surface area (Å²) in [7, 11) is 3.00. The van der Waals surface area contributed by atoms with Gasteiger partial charge in [-0.3, -0.25) is 0 Å². The second-order valence-corrected chi connectivity index (χ2v) is 4.24. The summed E-state index contributed by atoms with van der Waals surface area (Å²) >= 11 is 0. The van der Waals surface area contributed by atoms with Crippen molar-refractivity contribution >= 4 is 0 Å². The predicted molar refractivity (Wildman–Crippen MR) is 75.6 cm³/mol. The Balaban J connectivity index is 0. The van der Waals surface area contributed by atoms with Crippen LogP contribution >= 0.6 is 0 Å². The first-order valence-electron chi connectivity index (χ1n) is 7.15. The average Bonchev–Trinajstić information content (AvgIpc) is 2.48. The molecule has 2 fully saturated rings. The summed E-state index contributed by atoms with van der Waals surface area (Å²) in [6.07, 6.45) is 18.0. The van der Waals surface area contributed by atoms with Gasteiger partial charge in [0.15, 0.2) is 0 Å². The van der Waals surface area contributed by atoms with Crippen LogP contribution in [0.15, 0.2) is 0 Å². The summed E-state index contributed by atoms with van der Waals surface area (Å²) in [5.74, 6) is 0. The van der Waals surface area contributed by atoms with Gasteiger partial charge in [0.2, 0.25) is 0 Å². The van der Waals surface area contributed by atoms with Gasteiger partial charge in [0.05, 0.1) is 0 Å². The van der Waals surface area contributed by atoms with Gasteiger partial charge in [0, 0.05) is 0 Å². The number of hydrogen-bond acceptors (Lipinski definition) is 2. The molecule has 0 aliphatic heterocycles. The van der Waals surface area contributed by atoms with E-state index in [2.05, 4.69) is 11.5 Å². The average molecular weight is 230 g/mol. The van der Waals surface area contributed by atoms with E-state index in [1.807, 2.05) is 0 Å². The number of hydrogen-bond donors (Lipinski definition) is 2. The third kappa shape index (κ3) is 16.4. The molecule has 0 bridgehead atoms. The third-order valence-electron chi connectivity index (χ3n) is 3.00. The molecule has 2 nitrogen and oxygen atoms in total. The van der Waals surface area contributed by atoms with Crippen LogP contribution < -0.4 is 11.5 Å². The summed E-state index contributed by atoms with van der Waals surface area (Å²) in [6, 6.07) is 0. The minimum absolute atomic E-state index is 1.50. The summed E-state index contributed by atoms with van der Waals surface area (Å²) in [6.45, 7) is 0. The van der Waals surface area contributed by atoms with Gasteiger partial charge in [0.1, 0.15) is 0 Å². The summed E-state index contributed by atoms with van der Waals surface area (Å²) in [5, 5.41) is 0. The second kappa shape index (κ2) is 20.3. The molecule has 2 saturated carbocycles. The molecule has 4 N–H and O–H groups in total. The highest BCUT2D eigenvalue weighted by Gasteiger charge is 1.96. The fourth-order valence-electron chi connectivity index (χ4n) is 2.12. The maximum Gasteiger partial charge on any atom is -0.0195 e. The van der Waals surface area contributed by atoms with Crippen LogP contribution in [0, 0.1) is 0 Å². The van der Waals surface area contributed by atoms with Crippen molar-refractivity contribution in [2.45, 2.75) is 77.0 Å². The minimum atomic E-state index is 1.50. The smallest absolute Gasteiger partial charge is 0.0195 e. The SMILES string of the molecule is C1CCCCC1.C1CCCCC1.CN.CN. The molecular formula is C14H34N2. The highest BCUT2D eigenvalue weighted by molar-refractivity contribution is 4.51. The van der Waals surface area contributed by atoms with E-state index in [1.54, 1.807) is 0 Å². The zero-order valence-electron chi connectivity index (χ0n) is 11.6.